The molecule has 2 bridgehead atoms. The number of piperidine rings is 1. The van der Waals surface area contributed by atoms with Gasteiger partial charge in [0.2, 0.25) is 17.6 Å². The minimum atomic E-state index is -0.318. The van der Waals surface area contributed by atoms with E-state index in [0.29, 0.717) is 54.4 Å². The molecule has 2 aliphatic rings. The third kappa shape index (κ3) is 7.73. The van der Waals surface area contributed by atoms with Gasteiger partial charge in [-0.15, -0.1) is 0 Å². The molecule has 4 aromatic rings. The standard InChI is InChI=1S/C38H49N7O6/c1-6-42-15-9-10-16-43(34(47)24-45-38(48)29-14-8-7-13-28(29)25(2)41-45)23-33(46)39-20-26-12-11-17-44(21-26)37-27(22-42)18-30-31(40-37)19-32(49-3)36(51-5)35(30)50-4/h7-8,13-14,18-19,26H,6,9-12,15-17,20-24H2,1-5H3,(H,39,46). The van der Waals surface area contributed by atoms with Gasteiger partial charge in [-0.05, 0) is 63.7 Å². The summed E-state index contributed by atoms with van der Waals surface area (Å²) >= 11 is 0. The second-order valence-corrected chi connectivity index (χ2v) is 13.4. The number of benzene rings is 2. The molecule has 13 nitrogen and oxygen atoms in total. The number of nitrogens with one attached hydrogen (secondary N) is 1. The number of amides is 2. The molecule has 2 aromatic heterocycles. The SMILES string of the molecule is CCN1CCCCN(C(=O)Cn2nc(C)c3ccccc3c2=O)CC(=O)NCC2CCCN(C2)c2nc3cc(OC)c(OC)c(OC)c3cc2C1. The third-order valence-corrected chi connectivity index (χ3v) is 10.1. The van der Waals surface area contributed by atoms with E-state index in [-0.39, 0.29) is 36.4 Å². The van der Waals surface area contributed by atoms with Crippen LogP contribution >= 0.6 is 0 Å². The number of hydrogen-bond donors (Lipinski definition) is 1. The van der Waals surface area contributed by atoms with Crippen molar-refractivity contribution in [3.05, 3.63) is 58.0 Å². The zero-order valence-electron chi connectivity index (χ0n) is 30.4. The lowest BCUT2D eigenvalue weighted by Gasteiger charge is -2.36. The van der Waals surface area contributed by atoms with E-state index in [9.17, 15) is 14.4 Å². The van der Waals surface area contributed by atoms with Gasteiger partial charge in [-0.1, -0.05) is 25.1 Å². The van der Waals surface area contributed by atoms with Crippen LogP contribution in [0.1, 0.15) is 43.9 Å². The van der Waals surface area contributed by atoms with Crippen LogP contribution in [0.5, 0.6) is 17.2 Å². The Morgan fingerprint density at radius 1 is 0.922 bits per heavy atom. The Labute approximate surface area is 298 Å². The van der Waals surface area contributed by atoms with E-state index in [1.165, 1.54) is 4.68 Å². The molecule has 0 aliphatic carbocycles. The van der Waals surface area contributed by atoms with Crippen molar-refractivity contribution in [2.24, 2.45) is 5.92 Å². The Bertz CT molecular complexity index is 1960. The average molecular weight is 700 g/mol. The highest BCUT2D eigenvalue weighted by Crippen LogP contribution is 2.44. The van der Waals surface area contributed by atoms with Crippen molar-refractivity contribution in [3.8, 4) is 17.2 Å². The molecule has 1 unspecified atom stereocenters. The summed E-state index contributed by atoms with van der Waals surface area (Å²) in [5, 5.41) is 9.69. The number of carbonyl (C=O) groups excluding carboxylic acids is 2. The number of nitrogens with zero attached hydrogens (tertiary/aromatic N) is 6. The van der Waals surface area contributed by atoms with Crippen LogP contribution in [-0.2, 0) is 22.7 Å². The Balaban J connectivity index is 1.28. The summed E-state index contributed by atoms with van der Waals surface area (Å²) in [5.74, 6) is 2.28. The molecule has 0 radical (unpaired) electrons. The maximum atomic E-state index is 13.7. The van der Waals surface area contributed by atoms with Crippen LogP contribution < -0.4 is 30.0 Å². The van der Waals surface area contributed by atoms with Gasteiger partial charge in [0.1, 0.15) is 12.4 Å². The molecule has 13 heteroatoms. The van der Waals surface area contributed by atoms with Gasteiger partial charge in [-0.25, -0.2) is 9.67 Å². The van der Waals surface area contributed by atoms with Crippen LogP contribution in [0.2, 0.25) is 0 Å². The first-order chi connectivity index (χ1) is 24.7. The minimum absolute atomic E-state index is 0.0718. The van der Waals surface area contributed by atoms with E-state index >= 15 is 0 Å². The maximum Gasteiger partial charge on any atom is 0.275 e. The van der Waals surface area contributed by atoms with Crippen molar-refractivity contribution < 1.29 is 23.8 Å². The largest absolute Gasteiger partial charge is 0.493 e. The number of anilines is 1. The van der Waals surface area contributed by atoms with Gasteiger partial charge in [0.05, 0.1) is 44.5 Å². The lowest BCUT2D eigenvalue weighted by Crippen LogP contribution is -2.46. The predicted octanol–water partition coefficient (Wildman–Crippen LogP) is 3.76. The van der Waals surface area contributed by atoms with Crippen LogP contribution in [0.25, 0.3) is 21.7 Å². The van der Waals surface area contributed by atoms with Crippen LogP contribution in [-0.4, -0.2) is 104 Å². The van der Waals surface area contributed by atoms with Gasteiger partial charge in [0.15, 0.2) is 11.5 Å². The quantitative estimate of drug-likeness (QED) is 0.318. The predicted molar refractivity (Wildman–Crippen MR) is 197 cm³/mol. The summed E-state index contributed by atoms with van der Waals surface area (Å²) in [5.41, 5.74) is 2.21. The summed E-state index contributed by atoms with van der Waals surface area (Å²) in [6.07, 6.45) is 3.43. The highest BCUT2D eigenvalue weighted by molar-refractivity contribution is 5.92. The second kappa shape index (κ2) is 16.0. The first kappa shape index (κ1) is 35.9. The van der Waals surface area contributed by atoms with E-state index in [2.05, 4.69) is 33.2 Å². The van der Waals surface area contributed by atoms with E-state index in [1.54, 1.807) is 38.4 Å². The van der Waals surface area contributed by atoms with Gasteiger partial charge in [-0.2, -0.15) is 5.10 Å². The molecule has 0 spiro atoms. The van der Waals surface area contributed by atoms with Crippen LogP contribution in [0, 0.1) is 12.8 Å². The molecule has 2 amide bonds. The van der Waals surface area contributed by atoms with Gasteiger partial charge in [0, 0.05) is 55.1 Å². The first-order valence-electron chi connectivity index (χ1n) is 17.8. The van der Waals surface area contributed by atoms with Crippen molar-refractivity contribution >= 4 is 39.3 Å². The first-order valence-corrected chi connectivity index (χ1v) is 17.8. The maximum absolute atomic E-state index is 13.7. The summed E-state index contributed by atoms with van der Waals surface area (Å²) in [6, 6.07) is 11.3. The zero-order chi connectivity index (χ0) is 36.1. The summed E-state index contributed by atoms with van der Waals surface area (Å²) in [4.78, 5) is 51.9. The summed E-state index contributed by atoms with van der Waals surface area (Å²) in [7, 11) is 4.84. The van der Waals surface area contributed by atoms with E-state index in [0.717, 1.165) is 73.1 Å². The molecule has 1 N–H and O–H groups in total. The lowest BCUT2D eigenvalue weighted by molar-refractivity contribution is -0.136. The topological polar surface area (TPSA) is 131 Å². The van der Waals surface area contributed by atoms with Crippen molar-refractivity contribution in [1.29, 1.82) is 0 Å². The fraction of sp³-hybridized carbons (Fsp3) is 0.500. The van der Waals surface area contributed by atoms with Crippen LogP contribution in [0.4, 0.5) is 5.82 Å². The number of carbonyl (C=O) groups is 2. The van der Waals surface area contributed by atoms with Crippen molar-refractivity contribution in [2.75, 3.05) is 72.0 Å². The molecule has 2 aromatic carbocycles. The van der Waals surface area contributed by atoms with Gasteiger partial charge >= 0.3 is 0 Å². The van der Waals surface area contributed by atoms with E-state index in [1.807, 2.05) is 25.1 Å². The van der Waals surface area contributed by atoms with Crippen molar-refractivity contribution in [3.63, 3.8) is 0 Å². The Morgan fingerprint density at radius 2 is 1.69 bits per heavy atom. The second-order valence-electron chi connectivity index (χ2n) is 13.4. The van der Waals surface area contributed by atoms with E-state index in [4.69, 9.17) is 19.2 Å². The highest BCUT2D eigenvalue weighted by Gasteiger charge is 2.27. The summed E-state index contributed by atoms with van der Waals surface area (Å²) < 4.78 is 18.4. The number of aromatic nitrogens is 3. The van der Waals surface area contributed by atoms with Gasteiger partial charge in [-0.3, -0.25) is 19.3 Å². The van der Waals surface area contributed by atoms with Gasteiger partial charge in [0.25, 0.3) is 5.56 Å². The molecule has 272 valence electrons. The molecular weight excluding hydrogens is 650 g/mol. The number of aryl methyl sites for hydroxylation is 1. The van der Waals surface area contributed by atoms with E-state index < -0.39 is 0 Å². The number of ether oxygens (including phenoxy) is 3. The molecule has 4 heterocycles. The Hall–Kier alpha value is -4.91. The molecule has 6 rings (SSSR count). The fourth-order valence-corrected chi connectivity index (χ4v) is 7.38. The zero-order valence-corrected chi connectivity index (χ0v) is 30.4. The Kier molecular flexibility index (Phi) is 11.2. The molecule has 2 aliphatic heterocycles. The van der Waals surface area contributed by atoms with Crippen LogP contribution in [0.3, 0.4) is 0 Å². The molecule has 51 heavy (non-hydrogen) atoms. The number of pyridine rings is 1. The highest BCUT2D eigenvalue weighted by atomic mass is 16.5. The number of rotatable bonds is 6. The molecule has 1 fully saturated rings. The molecule has 1 atom stereocenters. The van der Waals surface area contributed by atoms with Crippen molar-refractivity contribution in [1.82, 2.24) is 29.9 Å². The Morgan fingerprint density at radius 3 is 2.43 bits per heavy atom. The van der Waals surface area contributed by atoms with Crippen molar-refractivity contribution in [2.45, 2.75) is 52.6 Å². The molecular formula is C38H49N7O6. The average Bonchev–Trinajstić information content (AvgIpc) is 3.15. The fourth-order valence-electron chi connectivity index (χ4n) is 7.38. The minimum Gasteiger partial charge on any atom is -0.493 e. The van der Waals surface area contributed by atoms with Crippen LogP contribution in [0.15, 0.2) is 41.2 Å². The summed E-state index contributed by atoms with van der Waals surface area (Å²) in [6.45, 7) is 8.45. The smallest absolute Gasteiger partial charge is 0.275 e. The monoisotopic (exact) mass is 699 g/mol. The normalized spacial score (nSPS) is 18.0. The number of methoxy groups -OCH3 is 3. The lowest BCUT2D eigenvalue weighted by atomic mass is 9.97. The van der Waals surface area contributed by atoms with Gasteiger partial charge < -0.3 is 29.3 Å². The number of fused-ring (bicyclic) bond motifs is 6. The number of hydrogen-bond acceptors (Lipinski definition) is 10. The molecule has 1 saturated heterocycles. The molecule has 0 saturated carbocycles. The third-order valence-electron chi connectivity index (χ3n) is 10.1.